The van der Waals surface area contributed by atoms with Crippen molar-refractivity contribution in [2.24, 2.45) is 5.92 Å². The SMILES string of the molecule is CCCCC(CC)C(CO)c1cc(C)ccc1C. The third-order valence-electron chi connectivity index (χ3n) is 4.05. The van der Waals surface area contributed by atoms with E-state index in [1.54, 1.807) is 0 Å². The molecule has 0 radical (unpaired) electrons. The minimum atomic E-state index is 0.270. The first kappa shape index (κ1) is 15.2. The Balaban J connectivity index is 2.95. The van der Waals surface area contributed by atoms with Crippen molar-refractivity contribution in [3.63, 3.8) is 0 Å². The minimum Gasteiger partial charge on any atom is -0.396 e. The van der Waals surface area contributed by atoms with Crippen LogP contribution in [0.2, 0.25) is 0 Å². The molecule has 0 heterocycles. The Morgan fingerprint density at radius 3 is 2.44 bits per heavy atom. The van der Waals surface area contributed by atoms with Crippen molar-refractivity contribution in [2.45, 2.75) is 59.3 Å². The Hall–Kier alpha value is -0.820. The summed E-state index contributed by atoms with van der Waals surface area (Å²) in [6, 6.07) is 6.59. The minimum absolute atomic E-state index is 0.270. The lowest BCUT2D eigenvalue weighted by Gasteiger charge is -2.26. The summed E-state index contributed by atoms with van der Waals surface area (Å²) in [7, 11) is 0. The van der Waals surface area contributed by atoms with Gasteiger partial charge in [-0.1, -0.05) is 56.9 Å². The maximum atomic E-state index is 9.80. The Bertz CT molecular complexity index is 357. The van der Waals surface area contributed by atoms with E-state index in [4.69, 9.17) is 0 Å². The molecule has 0 amide bonds. The van der Waals surface area contributed by atoms with E-state index < -0.39 is 0 Å². The van der Waals surface area contributed by atoms with Crippen LogP contribution in [0.1, 0.15) is 62.1 Å². The van der Waals surface area contributed by atoms with Gasteiger partial charge in [-0.3, -0.25) is 0 Å². The third kappa shape index (κ3) is 3.84. The molecule has 18 heavy (non-hydrogen) atoms. The van der Waals surface area contributed by atoms with E-state index in [1.807, 2.05) is 0 Å². The Morgan fingerprint density at radius 1 is 1.17 bits per heavy atom. The van der Waals surface area contributed by atoms with Gasteiger partial charge >= 0.3 is 0 Å². The second-order valence-corrected chi connectivity index (χ2v) is 5.46. The van der Waals surface area contributed by atoms with Crippen molar-refractivity contribution >= 4 is 0 Å². The molecule has 0 aliphatic carbocycles. The second-order valence-electron chi connectivity index (χ2n) is 5.46. The highest BCUT2D eigenvalue weighted by Crippen LogP contribution is 2.33. The van der Waals surface area contributed by atoms with Crippen LogP contribution in [-0.4, -0.2) is 11.7 Å². The smallest absolute Gasteiger partial charge is 0.0502 e. The summed E-state index contributed by atoms with van der Waals surface area (Å²) in [5.74, 6) is 0.914. The first-order valence-corrected chi connectivity index (χ1v) is 7.32. The molecule has 0 saturated carbocycles. The van der Waals surface area contributed by atoms with Crippen molar-refractivity contribution in [1.82, 2.24) is 0 Å². The summed E-state index contributed by atoms with van der Waals surface area (Å²) in [4.78, 5) is 0. The van der Waals surface area contributed by atoms with E-state index in [2.05, 4.69) is 45.9 Å². The molecule has 2 unspecified atom stereocenters. The van der Waals surface area contributed by atoms with Gasteiger partial charge in [0, 0.05) is 5.92 Å². The number of rotatable bonds is 7. The molecule has 102 valence electrons. The lowest BCUT2D eigenvalue weighted by Crippen LogP contribution is -2.17. The van der Waals surface area contributed by atoms with Crippen LogP contribution in [0.15, 0.2) is 18.2 Å². The molecule has 2 atom stereocenters. The van der Waals surface area contributed by atoms with E-state index >= 15 is 0 Å². The highest BCUT2D eigenvalue weighted by Gasteiger charge is 2.22. The zero-order valence-electron chi connectivity index (χ0n) is 12.4. The summed E-state index contributed by atoms with van der Waals surface area (Å²) >= 11 is 0. The van der Waals surface area contributed by atoms with Crippen molar-refractivity contribution in [3.05, 3.63) is 34.9 Å². The first-order valence-electron chi connectivity index (χ1n) is 7.32. The molecule has 1 nitrogen and oxygen atoms in total. The number of benzene rings is 1. The molecule has 1 aromatic rings. The fraction of sp³-hybridized carbons (Fsp3) is 0.647. The van der Waals surface area contributed by atoms with Crippen molar-refractivity contribution in [3.8, 4) is 0 Å². The summed E-state index contributed by atoms with van der Waals surface area (Å²) in [6.07, 6.45) is 4.88. The van der Waals surface area contributed by atoms with Gasteiger partial charge in [-0.05, 0) is 37.3 Å². The number of aliphatic hydroxyl groups is 1. The number of unbranched alkanes of at least 4 members (excludes halogenated alkanes) is 1. The van der Waals surface area contributed by atoms with Crippen LogP contribution < -0.4 is 0 Å². The average Bonchev–Trinajstić information content (AvgIpc) is 2.38. The normalized spacial score (nSPS) is 14.5. The topological polar surface area (TPSA) is 20.2 Å². The maximum absolute atomic E-state index is 9.80. The Morgan fingerprint density at radius 2 is 1.89 bits per heavy atom. The fourth-order valence-corrected chi connectivity index (χ4v) is 2.82. The standard InChI is InChI=1S/C17H28O/c1-5-7-8-15(6-2)17(12-18)16-11-13(3)9-10-14(16)4/h9-11,15,17-18H,5-8,12H2,1-4H3. The summed E-state index contributed by atoms with van der Waals surface area (Å²) in [5.41, 5.74) is 3.95. The van der Waals surface area contributed by atoms with Crippen molar-refractivity contribution < 1.29 is 5.11 Å². The van der Waals surface area contributed by atoms with E-state index in [0.717, 1.165) is 6.42 Å². The molecule has 0 aliphatic heterocycles. The zero-order valence-corrected chi connectivity index (χ0v) is 12.4. The van der Waals surface area contributed by atoms with Gasteiger partial charge in [0.05, 0.1) is 6.61 Å². The van der Waals surface area contributed by atoms with Crippen molar-refractivity contribution in [2.75, 3.05) is 6.61 Å². The number of hydrogen-bond acceptors (Lipinski definition) is 1. The van der Waals surface area contributed by atoms with Crippen molar-refractivity contribution in [1.29, 1.82) is 0 Å². The average molecular weight is 248 g/mol. The molecule has 1 N–H and O–H groups in total. The zero-order chi connectivity index (χ0) is 13.5. The molecule has 0 aliphatic rings. The van der Waals surface area contributed by atoms with Gasteiger partial charge in [-0.15, -0.1) is 0 Å². The number of aliphatic hydroxyl groups excluding tert-OH is 1. The van der Waals surface area contributed by atoms with Crippen LogP contribution >= 0.6 is 0 Å². The summed E-state index contributed by atoms with van der Waals surface area (Å²) in [5, 5.41) is 9.80. The highest BCUT2D eigenvalue weighted by atomic mass is 16.3. The lowest BCUT2D eigenvalue weighted by molar-refractivity contribution is 0.213. The predicted molar refractivity (Wildman–Crippen MR) is 79.0 cm³/mol. The fourth-order valence-electron chi connectivity index (χ4n) is 2.82. The monoisotopic (exact) mass is 248 g/mol. The van der Waals surface area contributed by atoms with Gasteiger partial charge in [-0.2, -0.15) is 0 Å². The quantitative estimate of drug-likeness (QED) is 0.748. The van der Waals surface area contributed by atoms with Gasteiger partial charge in [0.1, 0.15) is 0 Å². The molecule has 0 aromatic heterocycles. The van der Waals surface area contributed by atoms with Gasteiger partial charge < -0.3 is 5.11 Å². The molecule has 0 saturated heterocycles. The van der Waals surface area contributed by atoms with Gasteiger partial charge in [-0.25, -0.2) is 0 Å². The highest BCUT2D eigenvalue weighted by molar-refractivity contribution is 5.33. The van der Waals surface area contributed by atoms with Crippen LogP contribution in [0.3, 0.4) is 0 Å². The third-order valence-corrected chi connectivity index (χ3v) is 4.05. The number of hydrogen-bond donors (Lipinski definition) is 1. The Labute approximate surface area is 112 Å². The maximum Gasteiger partial charge on any atom is 0.0502 e. The van der Waals surface area contributed by atoms with E-state index in [1.165, 1.54) is 36.0 Å². The molecule has 0 bridgehead atoms. The summed E-state index contributed by atoms with van der Waals surface area (Å²) < 4.78 is 0. The van der Waals surface area contributed by atoms with Gasteiger partial charge in [0.25, 0.3) is 0 Å². The van der Waals surface area contributed by atoms with E-state index in [9.17, 15) is 5.11 Å². The van der Waals surface area contributed by atoms with Crippen LogP contribution in [0, 0.1) is 19.8 Å². The van der Waals surface area contributed by atoms with Crippen LogP contribution in [-0.2, 0) is 0 Å². The van der Waals surface area contributed by atoms with E-state index in [-0.39, 0.29) is 6.61 Å². The molecule has 1 rings (SSSR count). The van der Waals surface area contributed by atoms with E-state index in [0.29, 0.717) is 11.8 Å². The first-order chi connectivity index (χ1) is 8.63. The Kier molecular flexibility index (Phi) is 6.42. The molecule has 0 spiro atoms. The molecule has 0 fully saturated rings. The van der Waals surface area contributed by atoms with Gasteiger partial charge in [0.2, 0.25) is 0 Å². The molecule has 1 aromatic carbocycles. The lowest BCUT2D eigenvalue weighted by atomic mass is 9.80. The van der Waals surface area contributed by atoms with Crippen LogP contribution in [0.5, 0.6) is 0 Å². The summed E-state index contributed by atoms with van der Waals surface area (Å²) in [6.45, 7) is 9.04. The largest absolute Gasteiger partial charge is 0.396 e. The van der Waals surface area contributed by atoms with Crippen LogP contribution in [0.25, 0.3) is 0 Å². The van der Waals surface area contributed by atoms with Crippen LogP contribution in [0.4, 0.5) is 0 Å². The second kappa shape index (κ2) is 7.58. The molecule has 1 heteroatoms. The predicted octanol–water partition coefficient (Wildman–Crippen LogP) is 4.60. The molecular weight excluding hydrogens is 220 g/mol. The van der Waals surface area contributed by atoms with Gasteiger partial charge in [0.15, 0.2) is 0 Å². The molecular formula is C17H28O. The number of aryl methyl sites for hydroxylation is 2.